The van der Waals surface area contributed by atoms with E-state index >= 15 is 0 Å². The SMILES string of the molecule is O[C@@H]1CCCc2cn3ccc4c5ccccc5nc-4c3cc21. The van der Waals surface area contributed by atoms with E-state index in [1.807, 2.05) is 6.07 Å². The van der Waals surface area contributed by atoms with Crippen molar-refractivity contribution in [1.29, 1.82) is 0 Å². The van der Waals surface area contributed by atoms with E-state index in [-0.39, 0.29) is 6.10 Å². The van der Waals surface area contributed by atoms with Gasteiger partial charge in [0.15, 0.2) is 0 Å². The number of aromatic nitrogens is 2. The molecule has 0 fully saturated rings. The summed E-state index contributed by atoms with van der Waals surface area (Å²) in [5.41, 5.74) is 6.64. The van der Waals surface area contributed by atoms with Crippen molar-refractivity contribution in [2.45, 2.75) is 25.4 Å². The molecule has 0 bridgehead atoms. The Bertz CT molecular complexity index is 986. The fourth-order valence-corrected chi connectivity index (χ4v) is 3.73. The quantitative estimate of drug-likeness (QED) is 0.532. The maximum absolute atomic E-state index is 10.3. The molecule has 0 spiro atoms. The highest BCUT2D eigenvalue weighted by Crippen LogP contribution is 2.37. The third-order valence-electron chi connectivity index (χ3n) is 4.84. The third-order valence-corrected chi connectivity index (χ3v) is 4.84. The van der Waals surface area contributed by atoms with Crippen LogP contribution in [0.15, 0.2) is 48.8 Å². The smallest absolute Gasteiger partial charge is 0.0957 e. The van der Waals surface area contributed by atoms with E-state index in [0.29, 0.717) is 0 Å². The van der Waals surface area contributed by atoms with E-state index in [1.165, 1.54) is 16.5 Å². The lowest BCUT2D eigenvalue weighted by atomic mass is 9.90. The molecule has 3 nitrogen and oxygen atoms in total. The Morgan fingerprint density at radius 2 is 2.09 bits per heavy atom. The fraction of sp³-hybridized carbons (Fsp3) is 0.211. The Hall–Kier alpha value is -2.39. The van der Waals surface area contributed by atoms with Gasteiger partial charge in [0, 0.05) is 23.3 Å². The van der Waals surface area contributed by atoms with Crippen LogP contribution in [-0.2, 0) is 6.42 Å². The standard InChI is InChI=1S/C19H16N2O/c22-18-7-3-4-12-11-21-9-8-14-13-5-1-2-6-16(13)20-19(14)17(21)10-15(12)18/h1-2,5-6,8-11,18,22H,3-4,7H2/t18-/m1/s1. The molecule has 1 atom stereocenters. The Labute approximate surface area is 128 Å². The highest BCUT2D eigenvalue weighted by molar-refractivity contribution is 6.01. The van der Waals surface area contributed by atoms with Crippen LogP contribution in [0.25, 0.3) is 27.7 Å². The average molecular weight is 288 g/mol. The lowest BCUT2D eigenvalue weighted by Gasteiger charge is -2.22. The molecule has 0 saturated heterocycles. The van der Waals surface area contributed by atoms with Crippen molar-refractivity contribution >= 4 is 16.4 Å². The summed E-state index contributed by atoms with van der Waals surface area (Å²) in [6, 6.07) is 12.5. The van der Waals surface area contributed by atoms with Gasteiger partial charge in [-0.25, -0.2) is 4.98 Å². The van der Waals surface area contributed by atoms with Crippen molar-refractivity contribution in [2.75, 3.05) is 0 Å². The highest BCUT2D eigenvalue weighted by Gasteiger charge is 2.21. The first-order valence-corrected chi connectivity index (χ1v) is 7.81. The van der Waals surface area contributed by atoms with Crippen LogP contribution in [0, 0.1) is 0 Å². The minimum Gasteiger partial charge on any atom is -0.388 e. The molecule has 0 unspecified atom stereocenters. The largest absolute Gasteiger partial charge is 0.388 e. The molecule has 3 heteroatoms. The molecule has 0 amide bonds. The molecule has 0 saturated carbocycles. The van der Waals surface area contributed by atoms with Gasteiger partial charge in [0.25, 0.3) is 0 Å². The normalized spacial score (nSPS) is 18.1. The maximum Gasteiger partial charge on any atom is 0.0957 e. The Morgan fingerprint density at radius 3 is 3.05 bits per heavy atom. The van der Waals surface area contributed by atoms with Crippen molar-refractivity contribution in [3.8, 4) is 11.3 Å². The predicted octanol–water partition coefficient (Wildman–Crippen LogP) is 3.96. The van der Waals surface area contributed by atoms with Gasteiger partial charge in [0.05, 0.1) is 22.8 Å². The zero-order chi connectivity index (χ0) is 14.7. The molecular weight excluding hydrogens is 272 g/mol. The van der Waals surface area contributed by atoms with Crippen molar-refractivity contribution < 1.29 is 5.11 Å². The summed E-state index contributed by atoms with van der Waals surface area (Å²) in [5, 5.41) is 11.5. The molecule has 1 aromatic carbocycles. The molecule has 1 N–H and O–H groups in total. The number of rotatable bonds is 0. The monoisotopic (exact) mass is 288 g/mol. The second-order valence-electron chi connectivity index (χ2n) is 6.16. The summed E-state index contributed by atoms with van der Waals surface area (Å²) in [4.78, 5) is 4.81. The van der Waals surface area contributed by atoms with Gasteiger partial charge in [-0.2, -0.15) is 0 Å². The first-order chi connectivity index (χ1) is 10.8. The number of hydrogen-bond acceptors (Lipinski definition) is 2. The minimum absolute atomic E-state index is 0.339. The van der Waals surface area contributed by atoms with Crippen LogP contribution < -0.4 is 0 Å². The molecule has 5 rings (SSSR count). The predicted molar refractivity (Wildman–Crippen MR) is 87.2 cm³/mol. The number of fused-ring (bicyclic) bond motifs is 6. The second-order valence-corrected chi connectivity index (χ2v) is 6.16. The Morgan fingerprint density at radius 1 is 1.18 bits per heavy atom. The molecule has 2 aliphatic heterocycles. The van der Waals surface area contributed by atoms with Crippen LogP contribution in [0.1, 0.15) is 30.1 Å². The molecule has 22 heavy (non-hydrogen) atoms. The van der Waals surface area contributed by atoms with Gasteiger partial charge in [0.1, 0.15) is 0 Å². The molecule has 3 heterocycles. The second kappa shape index (κ2) is 4.31. The van der Waals surface area contributed by atoms with Crippen molar-refractivity contribution in [2.24, 2.45) is 0 Å². The van der Waals surface area contributed by atoms with Gasteiger partial charge >= 0.3 is 0 Å². The van der Waals surface area contributed by atoms with E-state index in [2.05, 4.69) is 47.1 Å². The van der Waals surface area contributed by atoms with Crippen LogP contribution in [0.4, 0.5) is 0 Å². The summed E-state index contributed by atoms with van der Waals surface area (Å²) in [6.07, 6.45) is 6.88. The van der Waals surface area contributed by atoms with E-state index in [1.54, 1.807) is 0 Å². The number of aliphatic hydroxyl groups excluding tert-OH is 1. The van der Waals surface area contributed by atoms with E-state index in [4.69, 9.17) is 4.98 Å². The van der Waals surface area contributed by atoms with Crippen molar-refractivity contribution in [3.63, 3.8) is 0 Å². The zero-order valence-corrected chi connectivity index (χ0v) is 12.2. The summed E-state index contributed by atoms with van der Waals surface area (Å²) >= 11 is 0. The van der Waals surface area contributed by atoms with Gasteiger partial charge in [-0.15, -0.1) is 0 Å². The van der Waals surface area contributed by atoms with Gasteiger partial charge in [-0.05, 0) is 48.6 Å². The first-order valence-electron chi connectivity index (χ1n) is 7.81. The summed E-state index contributed by atoms with van der Waals surface area (Å²) in [7, 11) is 0. The van der Waals surface area contributed by atoms with Crippen LogP contribution >= 0.6 is 0 Å². The number of benzene rings is 1. The van der Waals surface area contributed by atoms with Crippen LogP contribution in [0.3, 0.4) is 0 Å². The summed E-state index contributed by atoms with van der Waals surface area (Å²) in [6.45, 7) is 0. The number of para-hydroxylation sites is 1. The fourth-order valence-electron chi connectivity index (χ4n) is 3.73. The average Bonchev–Trinajstić information content (AvgIpc) is 2.93. The molecule has 3 aliphatic rings. The van der Waals surface area contributed by atoms with Gasteiger partial charge in [-0.3, -0.25) is 0 Å². The molecule has 1 aromatic heterocycles. The number of nitrogens with zero attached hydrogens (tertiary/aromatic N) is 2. The van der Waals surface area contributed by atoms with Crippen molar-refractivity contribution in [1.82, 2.24) is 9.38 Å². The van der Waals surface area contributed by atoms with Gasteiger partial charge in [-0.1, -0.05) is 18.2 Å². The third kappa shape index (κ3) is 1.57. The maximum atomic E-state index is 10.3. The van der Waals surface area contributed by atoms with Gasteiger partial charge < -0.3 is 9.51 Å². The van der Waals surface area contributed by atoms with Gasteiger partial charge in [0.2, 0.25) is 0 Å². The van der Waals surface area contributed by atoms with E-state index in [9.17, 15) is 5.11 Å². The van der Waals surface area contributed by atoms with Crippen LogP contribution in [0.2, 0.25) is 0 Å². The van der Waals surface area contributed by atoms with E-state index < -0.39 is 0 Å². The molecule has 108 valence electrons. The number of pyridine rings is 2. The molecule has 2 aromatic rings. The Balaban J connectivity index is 1.90. The zero-order valence-electron chi connectivity index (χ0n) is 12.2. The van der Waals surface area contributed by atoms with E-state index in [0.717, 1.165) is 41.6 Å². The minimum atomic E-state index is -0.339. The molecule has 0 radical (unpaired) electrons. The molecular formula is C19H16N2O. The number of hydrogen-bond donors (Lipinski definition) is 1. The number of aryl methyl sites for hydroxylation is 1. The lowest BCUT2D eigenvalue weighted by molar-refractivity contribution is 0.156. The van der Waals surface area contributed by atoms with Crippen LogP contribution in [0.5, 0.6) is 0 Å². The lowest BCUT2D eigenvalue weighted by Crippen LogP contribution is -2.11. The van der Waals surface area contributed by atoms with Crippen LogP contribution in [-0.4, -0.2) is 14.5 Å². The van der Waals surface area contributed by atoms with Crippen molar-refractivity contribution in [3.05, 3.63) is 59.9 Å². The topological polar surface area (TPSA) is 37.5 Å². The molecule has 1 aliphatic carbocycles. The number of aliphatic hydroxyl groups is 1. The Kier molecular flexibility index (Phi) is 2.38. The summed E-state index contributed by atoms with van der Waals surface area (Å²) in [5.74, 6) is 0. The highest BCUT2D eigenvalue weighted by atomic mass is 16.3. The summed E-state index contributed by atoms with van der Waals surface area (Å²) < 4.78 is 2.14. The first kappa shape index (κ1) is 12.2.